The van der Waals surface area contributed by atoms with Crippen molar-refractivity contribution in [3.05, 3.63) is 6.33 Å². The van der Waals surface area contributed by atoms with E-state index in [0.29, 0.717) is 6.54 Å². The van der Waals surface area contributed by atoms with E-state index in [4.69, 9.17) is 5.73 Å². The van der Waals surface area contributed by atoms with Crippen LogP contribution in [0.2, 0.25) is 0 Å². The van der Waals surface area contributed by atoms with Crippen LogP contribution in [-0.4, -0.2) is 21.4 Å². The van der Waals surface area contributed by atoms with Crippen molar-refractivity contribution in [3.63, 3.8) is 0 Å². The zero-order valence-electron chi connectivity index (χ0n) is 6.66. The lowest BCUT2D eigenvalue weighted by molar-refractivity contribution is 0.579. The lowest BCUT2D eigenvalue weighted by Crippen LogP contribution is -2.39. The smallest absolute Gasteiger partial charge is 0.202 e. The Bertz CT molecular complexity index is 206. The number of nitrogens with two attached hydrogens (primary N) is 1. The molecule has 4 nitrogen and oxygen atoms in total. The topological polar surface area (TPSA) is 63.8 Å². The molecule has 1 heterocycles. The average Bonchev–Trinajstić information content (AvgIpc) is 2.39. The molecule has 0 unspecified atom stereocenters. The molecule has 62 valence electrons. The van der Waals surface area contributed by atoms with Crippen molar-refractivity contribution in [1.29, 1.82) is 0 Å². The predicted molar refractivity (Wildman–Crippen MR) is 46.7 cm³/mol. The fraction of sp³-hybridized carbons (Fsp3) is 0.667. The molecule has 1 rings (SSSR count). The van der Waals surface area contributed by atoms with E-state index in [2.05, 4.69) is 14.7 Å². The molecule has 1 aromatic rings. The maximum Gasteiger partial charge on any atom is 0.202 e. The highest BCUT2D eigenvalue weighted by Crippen LogP contribution is 2.13. The Kier molecular flexibility index (Phi) is 2.41. The van der Waals surface area contributed by atoms with Crippen LogP contribution >= 0.6 is 11.5 Å². The second kappa shape index (κ2) is 3.15. The van der Waals surface area contributed by atoms with Crippen molar-refractivity contribution in [2.75, 3.05) is 11.9 Å². The third-order valence-corrected chi connectivity index (χ3v) is 1.90. The van der Waals surface area contributed by atoms with Crippen LogP contribution in [0, 0.1) is 0 Å². The third kappa shape index (κ3) is 2.44. The molecular formula is C6H12N4S. The minimum Gasteiger partial charge on any atom is -0.354 e. The predicted octanol–water partition coefficient (Wildman–Crippen LogP) is 0.687. The average molecular weight is 172 g/mol. The molecule has 3 N–H and O–H groups in total. The van der Waals surface area contributed by atoms with Crippen molar-refractivity contribution >= 4 is 16.7 Å². The van der Waals surface area contributed by atoms with Crippen molar-refractivity contribution < 1.29 is 0 Å². The zero-order valence-corrected chi connectivity index (χ0v) is 7.48. The fourth-order valence-corrected chi connectivity index (χ4v) is 1.18. The van der Waals surface area contributed by atoms with Gasteiger partial charge in [0.1, 0.15) is 6.33 Å². The Morgan fingerprint density at radius 1 is 1.73 bits per heavy atom. The van der Waals surface area contributed by atoms with E-state index >= 15 is 0 Å². The van der Waals surface area contributed by atoms with Crippen molar-refractivity contribution in [2.24, 2.45) is 5.73 Å². The van der Waals surface area contributed by atoms with E-state index in [1.165, 1.54) is 17.9 Å². The van der Waals surface area contributed by atoms with Crippen LogP contribution in [0.5, 0.6) is 0 Å². The third-order valence-electron chi connectivity index (χ3n) is 1.32. The van der Waals surface area contributed by atoms with Crippen molar-refractivity contribution in [2.45, 2.75) is 19.4 Å². The van der Waals surface area contributed by atoms with Gasteiger partial charge in [-0.25, -0.2) is 4.98 Å². The highest BCUT2D eigenvalue weighted by Gasteiger charge is 2.15. The van der Waals surface area contributed by atoms with E-state index in [1.807, 2.05) is 13.8 Å². The van der Waals surface area contributed by atoms with Gasteiger partial charge in [-0.15, -0.1) is 0 Å². The maximum atomic E-state index is 5.52. The monoisotopic (exact) mass is 172 g/mol. The molecule has 1 aromatic heterocycles. The summed E-state index contributed by atoms with van der Waals surface area (Å²) in [5.74, 6) is 0. The SMILES string of the molecule is CC(C)(CN)Nc1ncns1. The number of hydrogen-bond acceptors (Lipinski definition) is 5. The van der Waals surface area contributed by atoms with Crippen LogP contribution < -0.4 is 11.1 Å². The van der Waals surface area contributed by atoms with Gasteiger partial charge in [0, 0.05) is 23.6 Å². The second-order valence-corrected chi connectivity index (χ2v) is 3.74. The normalized spacial score (nSPS) is 11.5. The zero-order chi connectivity index (χ0) is 8.32. The molecular weight excluding hydrogens is 160 g/mol. The van der Waals surface area contributed by atoms with E-state index in [-0.39, 0.29) is 5.54 Å². The van der Waals surface area contributed by atoms with E-state index in [1.54, 1.807) is 0 Å². The van der Waals surface area contributed by atoms with Crippen LogP contribution in [0.3, 0.4) is 0 Å². The summed E-state index contributed by atoms with van der Waals surface area (Å²) in [6.07, 6.45) is 1.53. The van der Waals surface area contributed by atoms with Gasteiger partial charge in [-0.05, 0) is 13.8 Å². The first-order chi connectivity index (χ1) is 5.14. The molecule has 0 radical (unpaired) electrons. The Morgan fingerprint density at radius 2 is 2.45 bits per heavy atom. The first-order valence-corrected chi connectivity index (χ1v) is 4.16. The molecule has 0 spiro atoms. The maximum absolute atomic E-state index is 5.52. The Hall–Kier alpha value is -0.680. The molecule has 0 saturated carbocycles. The van der Waals surface area contributed by atoms with Gasteiger partial charge in [0.15, 0.2) is 0 Å². The minimum absolute atomic E-state index is 0.0977. The van der Waals surface area contributed by atoms with Gasteiger partial charge in [0.2, 0.25) is 5.13 Å². The van der Waals surface area contributed by atoms with Gasteiger partial charge in [0.25, 0.3) is 0 Å². The van der Waals surface area contributed by atoms with Crippen molar-refractivity contribution in [3.8, 4) is 0 Å². The Balaban J connectivity index is 2.56. The lowest BCUT2D eigenvalue weighted by Gasteiger charge is -2.22. The van der Waals surface area contributed by atoms with E-state index in [9.17, 15) is 0 Å². The highest BCUT2D eigenvalue weighted by atomic mass is 32.1. The van der Waals surface area contributed by atoms with E-state index < -0.39 is 0 Å². The highest BCUT2D eigenvalue weighted by molar-refractivity contribution is 7.09. The number of aromatic nitrogens is 2. The van der Waals surface area contributed by atoms with Crippen LogP contribution in [0.4, 0.5) is 5.13 Å². The molecule has 0 bridgehead atoms. The molecule has 0 saturated heterocycles. The summed E-state index contributed by atoms with van der Waals surface area (Å²) in [7, 11) is 0. The van der Waals surface area contributed by atoms with Gasteiger partial charge >= 0.3 is 0 Å². The Labute approximate surface area is 70.0 Å². The number of nitrogens with zero attached hydrogens (tertiary/aromatic N) is 2. The first-order valence-electron chi connectivity index (χ1n) is 3.39. The minimum atomic E-state index is -0.0977. The van der Waals surface area contributed by atoms with Crippen LogP contribution in [0.25, 0.3) is 0 Å². The van der Waals surface area contributed by atoms with Crippen molar-refractivity contribution in [1.82, 2.24) is 9.36 Å². The molecule has 11 heavy (non-hydrogen) atoms. The molecule has 5 heteroatoms. The number of rotatable bonds is 3. The van der Waals surface area contributed by atoms with Gasteiger partial charge in [-0.2, -0.15) is 4.37 Å². The quantitative estimate of drug-likeness (QED) is 0.704. The fourth-order valence-electron chi connectivity index (χ4n) is 0.569. The standard InChI is InChI=1S/C6H12N4S/c1-6(2,3-7)10-5-8-4-9-11-5/h4H,3,7H2,1-2H3,(H,8,9,10). The second-order valence-electron chi connectivity index (χ2n) is 2.96. The number of anilines is 1. The van der Waals surface area contributed by atoms with Crippen LogP contribution in [-0.2, 0) is 0 Å². The number of hydrogen-bond donors (Lipinski definition) is 2. The number of nitrogens with one attached hydrogen (secondary N) is 1. The molecule has 0 aromatic carbocycles. The van der Waals surface area contributed by atoms with Gasteiger partial charge in [-0.1, -0.05) is 0 Å². The summed E-state index contributed by atoms with van der Waals surface area (Å²) >= 11 is 1.34. The van der Waals surface area contributed by atoms with E-state index in [0.717, 1.165) is 5.13 Å². The van der Waals surface area contributed by atoms with Gasteiger partial charge in [-0.3, -0.25) is 0 Å². The molecule has 0 amide bonds. The Morgan fingerprint density at radius 3 is 2.91 bits per heavy atom. The summed E-state index contributed by atoms with van der Waals surface area (Å²) in [6, 6.07) is 0. The molecule has 0 aliphatic carbocycles. The summed E-state index contributed by atoms with van der Waals surface area (Å²) in [6.45, 7) is 4.62. The summed E-state index contributed by atoms with van der Waals surface area (Å²) in [5, 5.41) is 3.99. The molecule has 0 atom stereocenters. The van der Waals surface area contributed by atoms with Gasteiger partial charge in [0.05, 0.1) is 0 Å². The molecule has 0 fully saturated rings. The van der Waals surface area contributed by atoms with Crippen LogP contribution in [0.15, 0.2) is 6.33 Å². The summed E-state index contributed by atoms with van der Waals surface area (Å²) in [5.41, 5.74) is 5.42. The summed E-state index contributed by atoms with van der Waals surface area (Å²) < 4.78 is 3.87. The molecule has 0 aliphatic rings. The largest absolute Gasteiger partial charge is 0.354 e. The molecule has 0 aliphatic heterocycles. The van der Waals surface area contributed by atoms with Gasteiger partial charge < -0.3 is 11.1 Å². The first kappa shape index (κ1) is 8.42. The summed E-state index contributed by atoms with van der Waals surface area (Å²) in [4.78, 5) is 3.99. The lowest BCUT2D eigenvalue weighted by atomic mass is 10.1. The van der Waals surface area contributed by atoms with Crippen LogP contribution in [0.1, 0.15) is 13.8 Å².